The molecule has 0 spiro atoms. The predicted molar refractivity (Wildman–Crippen MR) is 61.0 cm³/mol. The van der Waals surface area contributed by atoms with Crippen molar-refractivity contribution in [1.29, 1.82) is 0 Å². The second-order valence-electron chi connectivity index (χ2n) is 3.11. The summed E-state index contributed by atoms with van der Waals surface area (Å²) in [4.78, 5) is 0. The molecule has 1 aromatic heterocycles. The minimum absolute atomic E-state index is 0.588. The molecule has 0 atom stereocenters. The monoisotopic (exact) mass is 300 g/mol. The molecule has 0 radical (unpaired) electrons. The van der Waals surface area contributed by atoms with E-state index in [1.54, 1.807) is 0 Å². The van der Waals surface area contributed by atoms with Crippen LogP contribution in [0.15, 0.2) is 28.7 Å². The highest BCUT2D eigenvalue weighted by Gasteiger charge is 2.03. The molecule has 4 heteroatoms. The third-order valence-corrected chi connectivity index (χ3v) is 2.32. The summed E-state index contributed by atoms with van der Waals surface area (Å²) in [5.74, 6) is 0.667. The molecule has 0 N–H and O–H groups in total. The summed E-state index contributed by atoms with van der Waals surface area (Å²) in [5.41, 5.74) is 2.45. The lowest BCUT2D eigenvalue weighted by molar-refractivity contribution is 0.479. The smallest absolute Gasteiger partial charge is 0.278 e. The van der Waals surface area contributed by atoms with Crippen molar-refractivity contribution in [1.82, 2.24) is 10.2 Å². The summed E-state index contributed by atoms with van der Waals surface area (Å²) >= 11 is 2.01. The first kappa shape index (κ1) is 9.64. The number of benzene rings is 1. The fourth-order valence-corrected chi connectivity index (χ4v) is 1.66. The van der Waals surface area contributed by atoms with Gasteiger partial charge in [0.25, 0.3) is 3.90 Å². The number of aromatic nitrogens is 2. The van der Waals surface area contributed by atoms with E-state index in [0.717, 1.165) is 0 Å². The van der Waals surface area contributed by atoms with Crippen molar-refractivity contribution in [3.05, 3.63) is 45.2 Å². The number of aryl methyl sites for hydroxylation is 1. The van der Waals surface area contributed by atoms with Gasteiger partial charge in [0.1, 0.15) is 0 Å². The molecule has 0 aliphatic rings. The molecule has 0 fully saturated rings. The normalized spacial score (nSPS) is 10.4. The summed E-state index contributed by atoms with van der Waals surface area (Å²) in [6.07, 6.45) is 0.706. The molecule has 0 unspecified atom stereocenters. The topological polar surface area (TPSA) is 38.9 Å². The van der Waals surface area contributed by atoms with Gasteiger partial charge in [-0.15, -0.1) is 10.2 Å². The zero-order valence-corrected chi connectivity index (χ0v) is 9.85. The average Bonchev–Trinajstić information content (AvgIpc) is 2.51. The maximum absolute atomic E-state index is 5.29. The van der Waals surface area contributed by atoms with E-state index < -0.39 is 0 Å². The van der Waals surface area contributed by atoms with E-state index in [2.05, 4.69) is 35.3 Å². The summed E-state index contributed by atoms with van der Waals surface area (Å²) in [6, 6.07) is 8.29. The fourth-order valence-electron chi connectivity index (χ4n) is 1.30. The van der Waals surface area contributed by atoms with Gasteiger partial charge < -0.3 is 4.42 Å². The molecule has 0 saturated carbocycles. The summed E-state index contributed by atoms with van der Waals surface area (Å²) in [7, 11) is 0. The van der Waals surface area contributed by atoms with Crippen LogP contribution in [-0.4, -0.2) is 10.2 Å². The van der Waals surface area contributed by atoms with E-state index in [1.807, 2.05) is 28.7 Å². The van der Waals surface area contributed by atoms with Crippen LogP contribution in [0.5, 0.6) is 0 Å². The van der Waals surface area contributed by atoms with Gasteiger partial charge in [0.15, 0.2) is 0 Å². The quantitative estimate of drug-likeness (QED) is 0.800. The van der Waals surface area contributed by atoms with E-state index in [1.165, 1.54) is 11.1 Å². The minimum Gasteiger partial charge on any atom is -0.416 e. The zero-order chi connectivity index (χ0) is 9.97. The Labute approximate surface area is 95.7 Å². The van der Waals surface area contributed by atoms with Crippen LogP contribution < -0.4 is 0 Å². The zero-order valence-electron chi connectivity index (χ0n) is 7.70. The summed E-state index contributed by atoms with van der Waals surface area (Å²) < 4.78 is 5.88. The lowest BCUT2D eigenvalue weighted by atomic mass is 10.1. The van der Waals surface area contributed by atoms with Gasteiger partial charge in [-0.05, 0) is 12.5 Å². The minimum atomic E-state index is 0.588. The van der Waals surface area contributed by atoms with Crippen LogP contribution in [0.1, 0.15) is 17.0 Å². The molecule has 72 valence electrons. The maximum Gasteiger partial charge on any atom is 0.278 e. The predicted octanol–water partition coefficient (Wildman–Crippen LogP) is 2.57. The largest absolute Gasteiger partial charge is 0.416 e. The first-order valence-electron chi connectivity index (χ1n) is 4.27. The van der Waals surface area contributed by atoms with Crippen LogP contribution in [0.25, 0.3) is 0 Å². The SMILES string of the molecule is Cc1cccc(Cc2nnc(I)o2)c1. The first-order chi connectivity index (χ1) is 6.74. The molecule has 2 rings (SSSR count). The van der Waals surface area contributed by atoms with E-state index in [-0.39, 0.29) is 0 Å². The van der Waals surface area contributed by atoms with Gasteiger partial charge >= 0.3 is 0 Å². The van der Waals surface area contributed by atoms with Gasteiger partial charge in [0.2, 0.25) is 5.89 Å². The van der Waals surface area contributed by atoms with Gasteiger partial charge in [0.05, 0.1) is 6.42 Å². The maximum atomic E-state index is 5.29. The fraction of sp³-hybridized carbons (Fsp3) is 0.200. The molecule has 3 nitrogen and oxygen atoms in total. The third-order valence-electron chi connectivity index (χ3n) is 1.88. The van der Waals surface area contributed by atoms with Crippen molar-refractivity contribution < 1.29 is 4.42 Å². The Bertz CT molecular complexity index is 439. The number of halogens is 1. The number of rotatable bonds is 2. The molecule has 0 amide bonds. The molecule has 1 aromatic carbocycles. The Kier molecular flexibility index (Phi) is 2.81. The highest BCUT2D eigenvalue weighted by Crippen LogP contribution is 2.10. The number of nitrogens with zero attached hydrogens (tertiary/aromatic N) is 2. The Morgan fingerprint density at radius 2 is 2.21 bits per heavy atom. The van der Waals surface area contributed by atoms with Gasteiger partial charge in [-0.2, -0.15) is 0 Å². The number of hydrogen-bond acceptors (Lipinski definition) is 3. The number of hydrogen-bond donors (Lipinski definition) is 0. The van der Waals surface area contributed by atoms with Crippen molar-refractivity contribution in [2.75, 3.05) is 0 Å². The highest BCUT2D eigenvalue weighted by atomic mass is 127. The first-order valence-corrected chi connectivity index (χ1v) is 5.35. The van der Waals surface area contributed by atoms with E-state index >= 15 is 0 Å². The van der Waals surface area contributed by atoms with Crippen molar-refractivity contribution in [2.24, 2.45) is 0 Å². The van der Waals surface area contributed by atoms with Crippen LogP contribution >= 0.6 is 22.6 Å². The summed E-state index contributed by atoms with van der Waals surface area (Å²) in [5, 5.41) is 7.72. The Morgan fingerprint density at radius 3 is 2.86 bits per heavy atom. The van der Waals surface area contributed by atoms with E-state index in [4.69, 9.17) is 4.42 Å². The molecule has 14 heavy (non-hydrogen) atoms. The van der Waals surface area contributed by atoms with Crippen LogP contribution in [0.4, 0.5) is 0 Å². The standard InChI is InChI=1S/C10H9IN2O/c1-7-3-2-4-8(5-7)6-9-12-13-10(11)14-9/h2-5H,6H2,1H3. The van der Waals surface area contributed by atoms with Gasteiger partial charge in [-0.1, -0.05) is 29.8 Å². The Morgan fingerprint density at radius 1 is 1.36 bits per heavy atom. The van der Waals surface area contributed by atoms with Crippen molar-refractivity contribution in [3.63, 3.8) is 0 Å². The van der Waals surface area contributed by atoms with Crippen molar-refractivity contribution >= 4 is 22.6 Å². The average molecular weight is 300 g/mol. The lowest BCUT2D eigenvalue weighted by Crippen LogP contribution is -1.88. The third kappa shape index (κ3) is 2.31. The van der Waals surface area contributed by atoms with Gasteiger partial charge in [-0.25, -0.2) is 0 Å². The second-order valence-corrected chi connectivity index (χ2v) is 4.04. The highest BCUT2D eigenvalue weighted by molar-refractivity contribution is 14.1. The molecule has 2 aromatic rings. The molecular weight excluding hydrogens is 291 g/mol. The molecule has 0 bridgehead atoms. The Hall–Kier alpha value is -0.910. The van der Waals surface area contributed by atoms with Crippen molar-refractivity contribution in [2.45, 2.75) is 13.3 Å². The molecule has 0 saturated heterocycles. The molecule has 0 aliphatic heterocycles. The van der Waals surface area contributed by atoms with Crippen LogP contribution in [0.3, 0.4) is 0 Å². The summed E-state index contributed by atoms with van der Waals surface area (Å²) in [6.45, 7) is 2.07. The van der Waals surface area contributed by atoms with Crippen LogP contribution in [-0.2, 0) is 6.42 Å². The molecule has 0 aliphatic carbocycles. The van der Waals surface area contributed by atoms with Crippen LogP contribution in [0, 0.1) is 10.8 Å². The van der Waals surface area contributed by atoms with E-state index in [0.29, 0.717) is 16.2 Å². The molecule has 1 heterocycles. The van der Waals surface area contributed by atoms with E-state index in [9.17, 15) is 0 Å². The lowest BCUT2D eigenvalue weighted by Gasteiger charge is -1.97. The van der Waals surface area contributed by atoms with Crippen LogP contribution in [0.2, 0.25) is 0 Å². The van der Waals surface area contributed by atoms with Crippen molar-refractivity contribution in [3.8, 4) is 0 Å². The second kappa shape index (κ2) is 4.08. The Balaban J connectivity index is 2.18. The van der Waals surface area contributed by atoms with Gasteiger partial charge in [0, 0.05) is 22.6 Å². The van der Waals surface area contributed by atoms with Gasteiger partial charge in [-0.3, -0.25) is 0 Å². The molecular formula is C10H9IN2O.